The second-order valence-electron chi connectivity index (χ2n) is 6.02. The van der Waals surface area contributed by atoms with Crippen LogP contribution in [-0.4, -0.2) is 33.4 Å². The summed E-state index contributed by atoms with van der Waals surface area (Å²) >= 11 is 7.29. The van der Waals surface area contributed by atoms with Crippen molar-refractivity contribution >= 4 is 23.6 Å². The molecule has 0 amide bonds. The van der Waals surface area contributed by atoms with Crippen LogP contribution in [0.5, 0.6) is 5.75 Å². The van der Waals surface area contributed by atoms with Crippen LogP contribution in [0.3, 0.4) is 0 Å². The van der Waals surface area contributed by atoms with Gasteiger partial charge in [-0.05, 0) is 48.4 Å². The molecule has 3 aromatic rings. The summed E-state index contributed by atoms with van der Waals surface area (Å²) in [5.41, 5.74) is 1.23. The Labute approximate surface area is 157 Å². The average Bonchev–Trinajstić information content (AvgIpc) is 3.20. The van der Waals surface area contributed by atoms with E-state index in [0.29, 0.717) is 6.67 Å². The number of aromatic nitrogens is 3. The lowest BCUT2D eigenvalue weighted by Crippen LogP contribution is -2.22. The molecule has 5 nitrogen and oxygen atoms in total. The van der Waals surface area contributed by atoms with Gasteiger partial charge in [0.1, 0.15) is 11.6 Å². The molecular weight excluding hydrogens is 352 g/mol. The Morgan fingerprint density at radius 1 is 1.24 bits per heavy atom. The maximum Gasteiger partial charge on any atom is 0.198 e. The molecule has 0 aliphatic rings. The highest BCUT2D eigenvalue weighted by molar-refractivity contribution is 7.71. The number of benzene rings is 1. The molecule has 2 heterocycles. The van der Waals surface area contributed by atoms with E-state index in [2.05, 4.69) is 41.6 Å². The molecule has 0 atom stereocenters. The Morgan fingerprint density at radius 2 is 2.00 bits per heavy atom. The molecule has 0 saturated carbocycles. The van der Waals surface area contributed by atoms with Crippen LogP contribution in [0, 0.1) is 4.77 Å². The quantitative estimate of drug-likeness (QED) is 0.591. The van der Waals surface area contributed by atoms with Gasteiger partial charge in [-0.2, -0.15) is 5.10 Å². The fourth-order valence-corrected chi connectivity index (χ4v) is 3.57. The van der Waals surface area contributed by atoms with Crippen LogP contribution in [0.25, 0.3) is 0 Å². The summed E-state index contributed by atoms with van der Waals surface area (Å²) in [5, 5.41) is 6.80. The van der Waals surface area contributed by atoms with Crippen LogP contribution in [-0.2, 0) is 26.7 Å². The molecule has 25 heavy (non-hydrogen) atoms. The number of thiophene rings is 1. The van der Waals surface area contributed by atoms with Gasteiger partial charge in [-0.1, -0.05) is 18.2 Å². The van der Waals surface area contributed by atoms with Crippen molar-refractivity contribution in [3.63, 3.8) is 0 Å². The van der Waals surface area contributed by atoms with Crippen molar-refractivity contribution in [2.24, 2.45) is 7.05 Å². The Bertz CT molecular complexity index is 866. The van der Waals surface area contributed by atoms with Gasteiger partial charge in [-0.25, -0.2) is 4.68 Å². The molecule has 0 saturated heterocycles. The Balaban J connectivity index is 1.68. The maximum atomic E-state index is 5.55. The molecule has 0 bridgehead atoms. The zero-order valence-corrected chi connectivity index (χ0v) is 16.3. The SMILES string of the molecule is COc1ccc(CN(C)Cn2nc(Cc3cccs3)n(C)c2=S)cc1. The lowest BCUT2D eigenvalue weighted by Gasteiger charge is -2.16. The first-order valence-corrected chi connectivity index (χ1v) is 9.32. The molecule has 0 spiro atoms. The molecule has 0 unspecified atom stereocenters. The average molecular weight is 375 g/mol. The molecule has 2 aromatic heterocycles. The smallest absolute Gasteiger partial charge is 0.198 e. The number of nitrogens with zero attached hydrogens (tertiary/aromatic N) is 4. The molecule has 7 heteroatoms. The monoisotopic (exact) mass is 374 g/mol. The van der Waals surface area contributed by atoms with Crippen LogP contribution < -0.4 is 4.74 Å². The van der Waals surface area contributed by atoms with Crippen molar-refractivity contribution < 1.29 is 4.74 Å². The number of ether oxygens (including phenoxy) is 1. The van der Waals surface area contributed by atoms with E-state index in [9.17, 15) is 0 Å². The molecule has 132 valence electrons. The fraction of sp³-hybridized carbons (Fsp3) is 0.333. The molecule has 0 N–H and O–H groups in total. The Kier molecular flexibility index (Phi) is 5.67. The summed E-state index contributed by atoms with van der Waals surface area (Å²) in [6.07, 6.45) is 0.813. The van der Waals surface area contributed by atoms with Gasteiger partial charge in [0.2, 0.25) is 0 Å². The van der Waals surface area contributed by atoms with Gasteiger partial charge >= 0.3 is 0 Å². The van der Waals surface area contributed by atoms with E-state index >= 15 is 0 Å². The van der Waals surface area contributed by atoms with Gasteiger partial charge in [0.05, 0.1) is 13.8 Å². The molecule has 0 aliphatic carbocycles. The topological polar surface area (TPSA) is 35.2 Å². The van der Waals surface area contributed by atoms with Gasteiger partial charge < -0.3 is 9.30 Å². The summed E-state index contributed by atoms with van der Waals surface area (Å²) in [5.74, 6) is 1.86. The van der Waals surface area contributed by atoms with Crippen molar-refractivity contribution in [1.29, 1.82) is 0 Å². The van der Waals surface area contributed by atoms with E-state index in [1.807, 2.05) is 28.4 Å². The summed E-state index contributed by atoms with van der Waals surface area (Å²) in [4.78, 5) is 3.49. The number of methoxy groups -OCH3 is 1. The van der Waals surface area contributed by atoms with Gasteiger partial charge in [-0.15, -0.1) is 11.3 Å². The van der Waals surface area contributed by atoms with Crippen molar-refractivity contribution in [2.75, 3.05) is 14.2 Å². The third kappa shape index (κ3) is 4.36. The second-order valence-corrected chi connectivity index (χ2v) is 7.41. The van der Waals surface area contributed by atoms with Gasteiger partial charge in [0.25, 0.3) is 0 Å². The van der Waals surface area contributed by atoms with Gasteiger partial charge in [-0.3, -0.25) is 4.90 Å². The van der Waals surface area contributed by atoms with Crippen molar-refractivity contribution in [1.82, 2.24) is 19.2 Å². The minimum atomic E-state index is 0.656. The zero-order valence-electron chi connectivity index (χ0n) is 14.7. The van der Waals surface area contributed by atoms with Gasteiger partial charge in [0, 0.05) is 24.9 Å². The maximum absolute atomic E-state index is 5.55. The predicted molar refractivity (Wildman–Crippen MR) is 104 cm³/mol. The minimum Gasteiger partial charge on any atom is -0.497 e. The molecule has 0 aliphatic heterocycles. The highest BCUT2D eigenvalue weighted by Crippen LogP contribution is 2.15. The van der Waals surface area contributed by atoms with Crippen LogP contribution in [0.15, 0.2) is 41.8 Å². The Morgan fingerprint density at radius 3 is 2.64 bits per heavy atom. The highest BCUT2D eigenvalue weighted by Gasteiger charge is 2.11. The first-order chi connectivity index (χ1) is 12.1. The van der Waals surface area contributed by atoms with Crippen LogP contribution in [0.2, 0.25) is 0 Å². The lowest BCUT2D eigenvalue weighted by atomic mass is 10.2. The van der Waals surface area contributed by atoms with E-state index in [0.717, 1.165) is 29.3 Å². The third-order valence-corrected chi connectivity index (χ3v) is 5.39. The van der Waals surface area contributed by atoms with Gasteiger partial charge in [0.15, 0.2) is 4.77 Å². The molecule has 3 rings (SSSR count). The largest absolute Gasteiger partial charge is 0.497 e. The summed E-state index contributed by atoms with van der Waals surface area (Å²) in [6.45, 7) is 1.48. The fourth-order valence-electron chi connectivity index (χ4n) is 2.67. The van der Waals surface area contributed by atoms with E-state index < -0.39 is 0 Å². The number of rotatable bonds is 7. The first-order valence-electron chi connectivity index (χ1n) is 8.03. The van der Waals surface area contributed by atoms with E-state index in [4.69, 9.17) is 22.1 Å². The standard InChI is InChI=1S/C18H22N4OS2/c1-20(12-14-6-8-15(23-3)9-7-14)13-22-18(24)21(2)17(19-22)11-16-5-4-10-25-16/h4-10H,11-13H2,1-3H3. The normalized spacial score (nSPS) is 11.2. The second kappa shape index (κ2) is 7.95. The first kappa shape index (κ1) is 17.8. The van der Waals surface area contributed by atoms with E-state index in [-0.39, 0.29) is 0 Å². The van der Waals surface area contributed by atoms with Crippen molar-refractivity contribution in [3.8, 4) is 5.75 Å². The molecular formula is C18H22N4OS2. The van der Waals surface area contributed by atoms with Crippen molar-refractivity contribution in [3.05, 3.63) is 62.8 Å². The highest BCUT2D eigenvalue weighted by atomic mass is 32.1. The lowest BCUT2D eigenvalue weighted by molar-refractivity contribution is 0.243. The molecule has 0 fully saturated rings. The van der Waals surface area contributed by atoms with Crippen LogP contribution >= 0.6 is 23.6 Å². The Hall–Kier alpha value is -1.96. The van der Waals surface area contributed by atoms with E-state index in [1.165, 1.54) is 10.4 Å². The predicted octanol–water partition coefficient (Wildman–Crippen LogP) is 3.70. The third-order valence-electron chi connectivity index (χ3n) is 4.03. The summed E-state index contributed by atoms with van der Waals surface area (Å²) < 4.78 is 9.83. The summed E-state index contributed by atoms with van der Waals surface area (Å²) in [6, 6.07) is 12.3. The minimum absolute atomic E-state index is 0.656. The van der Waals surface area contributed by atoms with Crippen LogP contribution in [0.4, 0.5) is 0 Å². The van der Waals surface area contributed by atoms with E-state index in [1.54, 1.807) is 18.4 Å². The number of hydrogen-bond donors (Lipinski definition) is 0. The zero-order chi connectivity index (χ0) is 17.8. The summed E-state index contributed by atoms with van der Waals surface area (Å²) in [7, 11) is 5.73. The molecule has 0 radical (unpaired) electrons. The van der Waals surface area contributed by atoms with Crippen LogP contribution in [0.1, 0.15) is 16.3 Å². The molecule has 1 aromatic carbocycles. The number of hydrogen-bond acceptors (Lipinski definition) is 5. The van der Waals surface area contributed by atoms with Crippen molar-refractivity contribution in [2.45, 2.75) is 19.6 Å².